The van der Waals surface area contributed by atoms with Crippen molar-refractivity contribution < 1.29 is 4.79 Å². The lowest BCUT2D eigenvalue weighted by atomic mass is 9.90. The van der Waals surface area contributed by atoms with Gasteiger partial charge in [-0.3, -0.25) is 9.69 Å². The molecule has 1 heterocycles. The molecule has 1 amide bonds. The van der Waals surface area contributed by atoms with E-state index in [1.54, 1.807) is 0 Å². The summed E-state index contributed by atoms with van der Waals surface area (Å²) in [7, 11) is 2.03. The Hall–Kier alpha value is -0.570. The molecule has 0 aromatic carbocycles. The van der Waals surface area contributed by atoms with E-state index in [-0.39, 0.29) is 17.5 Å². The SMILES string of the molecule is CC(C)C(C)(C)NC(=O)C1CCCN1C. The normalized spacial score (nSPS) is 23.5. The van der Waals surface area contributed by atoms with Crippen LogP contribution in [0.4, 0.5) is 0 Å². The number of hydrogen-bond acceptors (Lipinski definition) is 2. The van der Waals surface area contributed by atoms with Gasteiger partial charge in [0.25, 0.3) is 0 Å². The van der Waals surface area contributed by atoms with E-state index >= 15 is 0 Å². The highest BCUT2D eigenvalue weighted by Gasteiger charge is 2.32. The van der Waals surface area contributed by atoms with Crippen LogP contribution in [0.25, 0.3) is 0 Å². The molecule has 15 heavy (non-hydrogen) atoms. The number of amides is 1. The third-order valence-electron chi connectivity index (χ3n) is 3.71. The summed E-state index contributed by atoms with van der Waals surface area (Å²) >= 11 is 0. The highest BCUT2D eigenvalue weighted by Crippen LogP contribution is 2.19. The van der Waals surface area contributed by atoms with Gasteiger partial charge >= 0.3 is 0 Å². The predicted molar refractivity (Wildman–Crippen MR) is 62.7 cm³/mol. The molecule has 1 atom stereocenters. The smallest absolute Gasteiger partial charge is 0.237 e. The predicted octanol–water partition coefficient (Wildman–Crippen LogP) is 1.63. The fourth-order valence-electron chi connectivity index (χ4n) is 1.79. The van der Waals surface area contributed by atoms with Crippen molar-refractivity contribution in [3.63, 3.8) is 0 Å². The van der Waals surface area contributed by atoms with Crippen molar-refractivity contribution in [1.82, 2.24) is 10.2 Å². The number of likely N-dealkylation sites (tertiary alicyclic amines) is 1. The molecule has 0 aromatic rings. The van der Waals surface area contributed by atoms with Crippen LogP contribution in [0.1, 0.15) is 40.5 Å². The molecule has 1 aliphatic rings. The minimum absolute atomic E-state index is 0.0861. The third kappa shape index (κ3) is 2.94. The van der Waals surface area contributed by atoms with Crippen molar-refractivity contribution in [3.8, 4) is 0 Å². The first kappa shape index (κ1) is 12.5. The molecular weight excluding hydrogens is 188 g/mol. The number of carbonyl (C=O) groups excluding carboxylic acids is 1. The maximum absolute atomic E-state index is 12.0. The Balaban J connectivity index is 2.55. The molecule has 0 aliphatic carbocycles. The Morgan fingerprint density at radius 2 is 2.07 bits per heavy atom. The van der Waals surface area contributed by atoms with Crippen molar-refractivity contribution in [2.45, 2.75) is 52.1 Å². The lowest BCUT2D eigenvalue weighted by Crippen LogP contribution is -2.53. The summed E-state index contributed by atoms with van der Waals surface area (Å²) in [6.45, 7) is 9.49. The van der Waals surface area contributed by atoms with Gasteiger partial charge in [-0.25, -0.2) is 0 Å². The van der Waals surface area contributed by atoms with Crippen LogP contribution in [0, 0.1) is 5.92 Å². The van der Waals surface area contributed by atoms with Gasteiger partial charge < -0.3 is 5.32 Å². The molecule has 0 saturated carbocycles. The summed E-state index contributed by atoms with van der Waals surface area (Å²) in [4.78, 5) is 14.2. The molecule has 1 fully saturated rings. The topological polar surface area (TPSA) is 32.3 Å². The maximum atomic E-state index is 12.0. The Labute approximate surface area is 93.2 Å². The Morgan fingerprint density at radius 3 is 2.47 bits per heavy atom. The second-order valence-corrected chi connectivity index (χ2v) is 5.50. The molecule has 0 bridgehead atoms. The number of carbonyl (C=O) groups is 1. The van der Waals surface area contributed by atoms with Gasteiger partial charge in [-0.05, 0) is 46.2 Å². The maximum Gasteiger partial charge on any atom is 0.237 e. The van der Waals surface area contributed by atoms with Gasteiger partial charge in [0.2, 0.25) is 5.91 Å². The molecule has 1 saturated heterocycles. The molecule has 1 unspecified atom stereocenters. The lowest BCUT2D eigenvalue weighted by molar-refractivity contribution is -0.127. The van der Waals surface area contributed by atoms with Gasteiger partial charge in [0, 0.05) is 5.54 Å². The van der Waals surface area contributed by atoms with Crippen molar-refractivity contribution in [3.05, 3.63) is 0 Å². The van der Waals surface area contributed by atoms with Crippen LogP contribution in [0.5, 0.6) is 0 Å². The van der Waals surface area contributed by atoms with Crippen LogP contribution in [0.2, 0.25) is 0 Å². The van der Waals surface area contributed by atoms with E-state index in [9.17, 15) is 4.79 Å². The number of rotatable bonds is 3. The number of nitrogens with one attached hydrogen (secondary N) is 1. The lowest BCUT2D eigenvalue weighted by Gasteiger charge is -2.33. The molecule has 1 N–H and O–H groups in total. The fraction of sp³-hybridized carbons (Fsp3) is 0.917. The number of hydrogen-bond donors (Lipinski definition) is 1. The van der Waals surface area contributed by atoms with E-state index in [4.69, 9.17) is 0 Å². The highest BCUT2D eigenvalue weighted by molar-refractivity contribution is 5.82. The fourth-order valence-corrected chi connectivity index (χ4v) is 1.79. The second kappa shape index (κ2) is 4.52. The zero-order valence-corrected chi connectivity index (χ0v) is 10.6. The Morgan fingerprint density at radius 1 is 1.47 bits per heavy atom. The summed E-state index contributed by atoms with van der Waals surface area (Å²) in [5.74, 6) is 0.641. The molecule has 88 valence electrons. The van der Waals surface area contributed by atoms with Gasteiger partial charge in [0.05, 0.1) is 6.04 Å². The van der Waals surface area contributed by atoms with Crippen molar-refractivity contribution >= 4 is 5.91 Å². The Bertz CT molecular complexity index is 236. The van der Waals surface area contributed by atoms with Crippen molar-refractivity contribution in [2.24, 2.45) is 5.92 Å². The van der Waals surface area contributed by atoms with Crippen LogP contribution in [0.3, 0.4) is 0 Å². The average molecular weight is 212 g/mol. The molecule has 0 radical (unpaired) electrons. The van der Waals surface area contributed by atoms with E-state index in [1.807, 2.05) is 7.05 Å². The van der Waals surface area contributed by atoms with Gasteiger partial charge in [-0.1, -0.05) is 13.8 Å². The first-order chi connectivity index (χ1) is 6.84. The van der Waals surface area contributed by atoms with Gasteiger partial charge in [0.1, 0.15) is 0 Å². The van der Waals surface area contributed by atoms with Gasteiger partial charge in [-0.2, -0.15) is 0 Å². The molecule has 0 spiro atoms. The van der Waals surface area contributed by atoms with Crippen molar-refractivity contribution in [2.75, 3.05) is 13.6 Å². The quantitative estimate of drug-likeness (QED) is 0.771. The molecule has 1 rings (SSSR count). The van der Waals surface area contributed by atoms with E-state index in [1.165, 1.54) is 0 Å². The summed E-state index contributed by atoms with van der Waals surface area (Å²) in [6.07, 6.45) is 2.13. The first-order valence-electron chi connectivity index (χ1n) is 5.87. The third-order valence-corrected chi connectivity index (χ3v) is 3.71. The van der Waals surface area contributed by atoms with E-state index < -0.39 is 0 Å². The molecule has 1 aliphatic heterocycles. The van der Waals surface area contributed by atoms with E-state index in [2.05, 4.69) is 37.9 Å². The first-order valence-corrected chi connectivity index (χ1v) is 5.87. The van der Waals surface area contributed by atoms with Gasteiger partial charge in [0.15, 0.2) is 0 Å². The number of likely N-dealkylation sites (N-methyl/N-ethyl adjacent to an activating group) is 1. The average Bonchev–Trinajstić information content (AvgIpc) is 2.50. The second-order valence-electron chi connectivity index (χ2n) is 5.50. The van der Waals surface area contributed by atoms with Crippen LogP contribution in [0.15, 0.2) is 0 Å². The van der Waals surface area contributed by atoms with Crippen LogP contribution >= 0.6 is 0 Å². The summed E-state index contributed by atoms with van der Waals surface area (Å²) in [6, 6.07) is 0.0861. The monoisotopic (exact) mass is 212 g/mol. The summed E-state index contributed by atoms with van der Waals surface area (Å²) < 4.78 is 0. The van der Waals surface area contributed by atoms with Crippen molar-refractivity contribution in [1.29, 1.82) is 0 Å². The number of nitrogens with zero attached hydrogens (tertiary/aromatic N) is 1. The highest BCUT2D eigenvalue weighted by atomic mass is 16.2. The zero-order chi connectivity index (χ0) is 11.6. The van der Waals surface area contributed by atoms with E-state index in [0.29, 0.717) is 5.92 Å². The summed E-state index contributed by atoms with van der Waals surface area (Å²) in [5, 5.41) is 3.15. The molecule has 3 heteroatoms. The molecular formula is C12H24N2O. The minimum atomic E-state index is -0.111. The van der Waals surface area contributed by atoms with E-state index in [0.717, 1.165) is 19.4 Å². The van der Waals surface area contributed by atoms with Crippen LogP contribution < -0.4 is 5.32 Å². The van der Waals surface area contributed by atoms with Crippen LogP contribution in [-0.4, -0.2) is 36.0 Å². The van der Waals surface area contributed by atoms with Gasteiger partial charge in [-0.15, -0.1) is 0 Å². The Kier molecular flexibility index (Phi) is 3.77. The summed E-state index contributed by atoms with van der Waals surface area (Å²) in [5.41, 5.74) is -0.111. The minimum Gasteiger partial charge on any atom is -0.350 e. The zero-order valence-electron chi connectivity index (χ0n) is 10.6. The van der Waals surface area contributed by atoms with Crippen LogP contribution in [-0.2, 0) is 4.79 Å². The molecule has 3 nitrogen and oxygen atoms in total. The largest absolute Gasteiger partial charge is 0.350 e. The molecule has 0 aromatic heterocycles. The standard InChI is InChI=1S/C12H24N2O/c1-9(2)12(3,4)13-11(15)10-7-6-8-14(10)5/h9-10H,6-8H2,1-5H3,(H,13,15).